The molecule has 1 saturated heterocycles. The molecule has 1 fully saturated rings. The summed E-state index contributed by atoms with van der Waals surface area (Å²) < 4.78 is 0. The number of fused-ring (bicyclic) bond motifs is 1. The number of aryl methyl sites for hydroxylation is 1. The third-order valence-corrected chi connectivity index (χ3v) is 6.39. The Hall–Kier alpha value is -2.18. The number of carbonyl (C=O) groups is 1. The molecule has 1 aromatic heterocycles. The van der Waals surface area contributed by atoms with Crippen LogP contribution in [0.5, 0.6) is 0 Å². The monoisotopic (exact) mass is 413 g/mol. The second kappa shape index (κ2) is 8.67. The summed E-state index contributed by atoms with van der Waals surface area (Å²) in [5.41, 5.74) is 3.61. The molecule has 0 saturated carbocycles. The van der Waals surface area contributed by atoms with Gasteiger partial charge < -0.3 is 15.1 Å². The van der Waals surface area contributed by atoms with Crippen molar-refractivity contribution in [1.82, 2.24) is 20.2 Å². The smallest absolute Gasteiger partial charge is 0.240 e. The molecule has 29 heavy (non-hydrogen) atoms. The molecule has 2 heterocycles. The summed E-state index contributed by atoms with van der Waals surface area (Å²) in [5.74, 6) is 1.73. The predicted octanol–water partition coefficient (Wildman–Crippen LogP) is 2.66. The average Bonchev–Trinajstić information content (AvgIpc) is 3.14. The van der Waals surface area contributed by atoms with Crippen LogP contribution in [0.4, 0.5) is 5.82 Å². The van der Waals surface area contributed by atoms with Crippen molar-refractivity contribution in [2.75, 3.05) is 38.1 Å². The first kappa shape index (κ1) is 20.1. The number of anilines is 1. The highest BCUT2D eigenvalue weighted by molar-refractivity contribution is 6.30. The summed E-state index contributed by atoms with van der Waals surface area (Å²) in [6.07, 6.45) is 4.53. The number of likely N-dealkylation sites (N-methyl/N-ethyl adjacent to an activating group) is 1. The molecule has 2 atom stereocenters. The van der Waals surface area contributed by atoms with Crippen molar-refractivity contribution in [1.29, 1.82) is 0 Å². The van der Waals surface area contributed by atoms with Crippen LogP contribution in [0.2, 0.25) is 5.02 Å². The number of nitrogens with one attached hydrogen (secondary N) is 1. The molecule has 1 aliphatic heterocycles. The van der Waals surface area contributed by atoms with E-state index in [0.29, 0.717) is 30.5 Å². The lowest BCUT2D eigenvalue weighted by Gasteiger charge is -2.37. The van der Waals surface area contributed by atoms with Crippen LogP contribution in [-0.4, -0.2) is 60.0 Å². The van der Waals surface area contributed by atoms with E-state index in [2.05, 4.69) is 27.1 Å². The van der Waals surface area contributed by atoms with Crippen molar-refractivity contribution in [3.63, 3.8) is 0 Å². The van der Waals surface area contributed by atoms with Gasteiger partial charge in [0.25, 0.3) is 0 Å². The first-order valence-electron chi connectivity index (χ1n) is 10.4. The highest BCUT2D eigenvalue weighted by atomic mass is 35.5. The Morgan fingerprint density at radius 2 is 1.93 bits per heavy atom. The van der Waals surface area contributed by atoms with Crippen molar-refractivity contribution in [2.24, 2.45) is 0 Å². The summed E-state index contributed by atoms with van der Waals surface area (Å²) in [6.45, 7) is 5.29. The second-order valence-corrected chi connectivity index (χ2v) is 8.42. The van der Waals surface area contributed by atoms with E-state index in [9.17, 15) is 4.79 Å². The number of hydrogen-bond donors (Lipinski definition) is 1. The first-order valence-corrected chi connectivity index (χ1v) is 10.7. The van der Waals surface area contributed by atoms with Gasteiger partial charge in [-0.1, -0.05) is 30.7 Å². The molecule has 0 unspecified atom stereocenters. The summed E-state index contributed by atoms with van der Waals surface area (Å²) in [5, 5.41) is 3.90. The first-order chi connectivity index (χ1) is 14.1. The molecule has 0 bridgehead atoms. The summed E-state index contributed by atoms with van der Waals surface area (Å²) >= 11 is 5.97. The zero-order valence-corrected chi connectivity index (χ0v) is 17.8. The summed E-state index contributed by atoms with van der Waals surface area (Å²) in [7, 11) is 1.85. The molecule has 1 aromatic carbocycles. The predicted molar refractivity (Wildman–Crippen MR) is 116 cm³/mol. The lowest BCUT2D eigenvalue weighted by molar-refractivity contribution is -0.133. The van der Waals surface area contributed by atoms with Crippen molar-refractivity contribution >= 4 is 23.3 Å². The number of halogens is 1. The minimum absolute atomic E-state index is 0.156. The number of aromatic nitrogens is 2. The number of benzene rings is 1. The molecule has 0 radical (unpaired) electrons. The van der Waals surface area contributed by atoms with Gasteiger partial charge in [-0.3, -0.25) is 4.79 Å². The van der Waals surface area contributed by atoms with E-state index >= 15 is 0 Å². The molecular formula is C22H28ClN5O. The fourth-order valence-electron chi connectivity index (χ4n) is 4.40. The van der Waals surface area contributed by atoms with Gasteiger partial charge in [0, 0.05) is 42.5 Å². The lowest BCUT2D eigenvalue weighted by Crippen LogP contribution is -2.54. The third kappa shape index (κ3) is 4.23. The highest BCUT2D eigenvalue weighted by Gasteiger charge is 2.31. The Morgan fingerprint density at radius 1 is 1.21 bits per heavy atom. The number of amides is 1. The fourth-order valence-corrected chi connectivity index (χ4v) is 4.53. The van der Waals surface area contributed by atoms with Crippen molar-refractivity contribution in [3.8, 4) is 0 Å². The Balaban J connectivity index is 1.39. The standard InChI is InChI=1S/C22H28ClN5O/c1-15-3-8-18-20(15)21(26-14-25-18)27-9-11-28(12-10-27)22(29)19(24-2)13-16-4-6-17(23)7-5-16/h4-7,14-15,19,24H,3,8-13H2,1-2H3/t15-,19-/m1/s1. The van der Waals surface area contributed by atoms with Crippen LogP contribution < -0.4 is 10.2 Å². The highest BCUT2D eigenvalue weighted by Crippen LogP contribution is 2.37. The Bertz CT molecular complexity index is 864. The van der Waals surface area contributed by atoms with Crippen LogP contribution in [-0.2, 0) is 17.6 Å². The van der Waals surface area contributed by atoms with Crippen LogP contribution >= 0.6 is 11.6 Å². The maximum absolute atomic E-state index is 13.1. The van der Waals surface area contributed by atoms with Crippen LogP contribution in [0.3, 0.4) is 0 Å². The summed E-state index contributed by atoms with van der Waals surface area (Å²) in [6, 6.07) is 7.47. The van der Waals surface area contributed by atoms with Gasteiger partial charge in [-0.2, -0.15) is 0 Å². The van der Waals surface area contributed by atoms with Crippen LogP contribution in [0, 0.1) is 0 Å². The van der Waals surface area contributed by atoms with Gasteiger partial charge in [0.1, 0.15) is 12.1 Å². The summed E-state index contributed by atoms with van der Waals surface area (Å²) in [4.78, 5) is 26.4. The molecule has 1 aliphatic carbocycles. The molecule has 1 amide bonds. The van der Waals surface area contributed by atoms with E-state index in [-0.39, 0.29) is 11.9 Å². The Morgan fingerprint density at radius 3 is 2.62 bits per heavy atom. The van der Waals surface area contributed by atoms with Gasteiger partial charge in [-0.15, -0.1) is 0 Å². The maximum atomic E-state index is 13.1. The normalized spacial score (nSPS) is 19.9. The van der Waals surface area contributed by atoms with Crippen LogP contribution in [0.25, 0.3) is 0 Å². The zero-order chi connectivity index (χ0) is 20.4. The topological polar surface area (TPSA) is 61.4 Å². The van der Waals surface area contributed by atoms with Crippen LogP contribution in [0.15, 0.2) is 30.6 Å². The molecule has 4 rings (SSSR count). The maximum Gasteiger partial charge on any atom is 0.240 e. The minimum Gasteiger partial charge on any atom is -0.353 e. The molecule has 2 aromatic rings. The minimum atomic E-state index is -0.231. The molecular weight excluding hydrogens is 386 g/mol. The lowest BCUT2D eigenvalue weighted by atomic mass is 10.0. The number of hydrogen-bond acceptors (Lipinski definition) is 5. The van der Waals surface area contributed by atoms with Gasteiger partial charge in [-0.05, 0) is 49.9 Å². The number of piperazine rings is 1. The van der Waals surface area contributed by atoms with E-state index in [1.54, 1.807) is 6.33 Å². The Labute approximate surface area is 177 Å². The van der Waals surface area contributed by atoms with Gasteiger partial charge in [-0.25, -0.2) is 9.97 Å². The quantitative estimate of drug-likeness (QED) is 0.816. The van der Waals surface area contributed by atoms with E-state index in [0.717, 1.165) is 37.3 Å². The molecule has 0 spiro atoms. The van der Waals surface area contributed by atoms with Gasteiger partial charge in [0.2, 0.25) is 5.91 Å². The van der Waals surface area contributed by atoms with E-state index < -0.39 is 0 Å². The van der Waals surface area contributed by atoms with E-state index in [1.165, 1.54) is 11.3 Å². The second-order valence-electron chi connectivity index (χ2n) is 7.98. The molecule has 7 heteroatoms. The van der Waals surface area contributed by atoms with Crippen LogP contribution in [0.1, 0.15) is 36.1 Å². The fraction of sp³-hybridized carbons (Fsp3) is 0.500. The van der Waals surface area contributed by atoms with Crippen molar-refractivity contribution < 1.29 is 4.79 Å². The van der Waals surface area contributed by atoms with Crippen molar-refractivity contribution in [3.05, 3.63) is 52.4 Å². The largest absolute Gasteiger partial charge is 0.353 e. The number of rotatable bonds is 5. The van der Waals surface area contributed by atoms with E-state index in [4.69, 9.17) is 11.6 Å². The molecule has 154 valence electrons. The Kier molecular flexibility index (Phi) is 6.01. The third-order valence-electron chi connectivity index (χ3n) is 6.14. The zero-order valence-electron chi connectivity index (χ0n) is 17.1. The van der Waals surface area contributed by atoms with Crippen molar-refractivity contribution in [2.45, 2.75) is 38.1 Å². The van der Waals surface area contributed by atoms with E-state index in [1.807, 2.05) is 36.2 Å². The van der Waals surface area contributed by atoms with Gasteiger partial charge in [0.15, 0.2) is 0 Å². The molecule has 1 N–H and O–H groups in total. The number of carbonyl (C=O) groups excluding carboxylic acids is 1. The average molecular weight is 414 g/mol. The van der Waals surface area contributed by atoms with Gasteiger partial charge in [0.05, 0.1) is 6.04 Å². The molecule has 6 nitrogen and oxygen atoms in total. The SMILES string of the molecule is CN[C@H](Cc1ccc(Cl)cc1)C(=O)N1CCN(c2ncnc3c2[C@H](C)CC3)CC1. The molecule has 2 aliphatic rings. The van der Waals surface area contributed by atoms with Gasteiger partial charge >= 0.3 is 0 Å². The number of nitrogens with zero attached hydrogens (tertiary/aromatic N) is 4.